The monoisotopic (exact) mass is 330 g/mol. The number of fused-ring (bicyclic) bond motifs is 1. The Labute approximate surface area is 142 Å². The lowest BCUT2D eigenvalue weighted by atomic mass is 10.1. The Bertz CT molecular complexity index is 776. The summed E-state index contributed by atoms with van der Waals surface area (Å²) in [5.74, 6) is -0.273. The quantitative estimate of drug-likeness (QED) is 0.793. The van der Waals surface area contributed by atoms with Gasteiger partial charge in [-0.1, -0.05) is 13.8 Å². The molecule has 0 saturated heterocycles. The number of benzene rings is 1. The van der Waals surface area contributed by atoms with Crippen LogP contribution in [0.3, 0.4) is 0 Å². The van der Waals surface area contributed by atoms with Gasteiger partial charge in [0.1, 0.15) is 5.58 Å². The smallest absolute Gasteiger partial charge is 0.287 e. The summed E-state index contributed by atoms with van der Waals surface area (Å²) in [7, 11) is 0. The van der Waals surface area contributed by atoms with E-state index in [9.17, 15) is 9.59 Å². The van der Waals surface area contributed by atoms with Gasteiger partial charge < -0.3 is 14.6 Å². The molecule has 1 N–H and O–H groups in total. The lowest BCUT2D eigenvalue weighted by Crippen LogP contribution is -2.30. The van der Waals surface area contributed by atoms with Crippen LogP contribution in [0, 0.1) is 13.8 Å². The fraction of sp³-hybridized carbons (Fsp3) is 0.474. The second-order valence-electron chi connectivity index (χ2n) is 6.04. The fourth-order valence-corrected chi connectivity index (χ4v) is 2.65. The lowest BCUT2D eigenvalue weighted by molar-refractivity contribution is 0.0924. The molecule has 0 spiro atoms. The number of nitrogens with one attached hydrogen (secondary N) is 1. The van der Waals surface area contributed by atoms with Gasteiger partial charge >= 0.3 is 0 Å². The van der Waals surface area contributed by atoms with E-state index >= 15 is 0 Å². The van der Waals surface area contributed by atoms with Gasteiger partial charge in [0.2, 0.25) is 0 Å². The number of rotatable bonds is 7. The zero-order chi connectivity index (χ0) is 17.7. The minimum Gasteiger partial charge on any atom is -0.451 e. The second-order valence-corrected chi connectivity index (χ2v) is 6.04. The van der Waals surface area contributed by atoms with E-state index in [4.69, 9.17) is 4.42 Å². The van der Waals surface area contributed by atoms with Crippen molar-refractivity contribution in [2.24, 2.45) is 0 Å². The molecular weight excluding hydrogens is 304 g/mol. The zero-order valence-corrected chi connectivity index (χ0v) is 14.9. The molecule has 2 aromatic rings. The van der Waals surface area contributed by atoms with Crippen molar-refractivity contribution < 1.29 is 9.21 Å². The van der Waals surface area contributed by atoms with E-state index in [-0.39, 0.29) is 17.1 Å². The summed E-state index contributed by atoms with van der Waals surface area (Å²) in [5.41, 5.74) is 2.33. The van der Waals surface area contributed by atoms with Crippen molar-refractivity contribution in [2.45, 2.75) is 34.1 Å². The minimum absolute atomic E-state index is 0.0681. The summed E-state index contributed by atoms with van der Waals surface area (Å²) >= 11 is 0. The van der Waals surface area contributed by atoms with Gasteiger partial charge in [-0.25, -0.2) is 0 Å². The Morgan fingerprint density at radius 2 is 1.79 bits per heavy atom. The van der Waals surface area contributed by atoms with Crippen LogP contribution >= 0.6 is 0 Å². The molecule has 1 aromatic carbocycles. The molecule has 0 fully saturated rings. The summed E-state index contributed by atoms with van der Waals surface area (Å²) < 4.78 is 5.64. The zero-order valence-electron chi connectivity index (χ0n) is 14.9. The van der Waals surface area contributed by atoms with Crippen LogP contribution in [0.4, 0.5) is 0 Å². The van der Waals surface area contributed by atoms with Crippen molar-refractivity contribution in [3.63, 3.8) is 0 Å². The van der Waals surface area contributed by atoms with Crippen LogP contribution in [-0.4, -0.2) is 37.0 Å². The lowest BCUT2D eigenvalue weighted by Gasteiger charge is -2.17. The molecule has 0 atom stereocenters. The maximum absolute atomic E-state index is 12.2. The second kappa shape index (κ2) is 8.11. The number of nitrogens with zero attached hydrogens (tertiary/aromatic N) is 1. The van der Waals surface area contributed by atoms with E-state index in [0.717, 1.165) is 37.2 Å². The number of aryl methyl sites for hydroxylation is 2. The normalized spacial score (nSPS) is 11.2. The molecule has 0 aliphatic heterocycles. The number of carbonyl (C=O) groups excluding carboxylic acids is 1. The first-order valence-electron chi connectivity index (χ1n) is 8.51. The highest BCUT2D eigenvalue weighted by molar-refractivity contribution is 5.93. The van der Waals surface area contributed by atoms with E-state index in [2.05, 4.69) is 24.1 Å². The minimum atomic E-state index is -0.341. The maximum atomic E-state index is 12.2. The van der Waals surface area contributed by atoms with Crippen molar-refractivity contribution in [1.82, 2.24) is 10.2 Å². The van der Waals surface area contributed by atoms with E-state index < -0.39 is 0 Å². The van der Waals surface area contributed by atoms with Gasteiger partial charge in [0, 0.05) is 12.6 Å². The third kappa shape index (κ3) is 4.23. The summed E-state index contributed by atoms with van der Waals surface area (Å²) in [5, 5.41) is 3.33. The number of hydrogen-bond acceptors (Lipinski definition) is 4. The molecule has 0 aliphatic rings. The molecule has 1 amide bonds. The van der Waals surface area contributed by atoms with E-state index in [0.29, 0.717) is 17.5 Å². The molecule has 24 heavy (non-hydrogen) atoms. The predicted octanol–water partition coefficient (Wildman–Crippen LogP) is 2.87. The van der Waals surface area contributed by atoms with Crippen molar-refractivity contribution >= 4 is 16.9 Å². The number of hydrogen-bond donors (Lipinski definition) is 1. The summed E-state index contributed by atoms with van der Waals surface area (Å²) in [6.45, 7) is 11.6. The third-order valence-electron chi connectivity index (χ3n) is 4.40. The van der Waals surface area contributed by atoms with Crippen LogP contribution in [0.5, 0.6) is 0 Å². The molecule has 1 aromatic heterocycles. The summed E-state index contributed by atoms with van der Waals surface area (Å²) in [4.78, 5) is 26.7. The molecule has 0 bridgehead atoms. The maximum Gasteiger partial charge on any atom is 0.287 e. The van der Waals surface area contributed by atoms with Gasteiger partial charge in [0.25, 0.3) is 5.91 Å². The fourth-order valence-electron chi connectivity index (χ4n) is 2.65. The van der Waals surface area contributed by atoms with Gasteiger partial charge in [-0.2, -0.15) is 0 Å². The molecule has 130 valence electrons. The van der Waals surface area contributed by atoms with Crippen molar-refractivity contribution in [1.29, 1.82) is 0 Å². The molecule has 0 saturated carbocycles. The molecule has 5 heteroatoms. The van der Waals surface area contributed by atoms with Crippen LogP contribution in [-0.2, 0) is 0 Å². The molecule has 0 aliphatic carbocycles. The first-order chi connectivity index (χ1) is 11.5. The van der Waals surface area contributed by atoms with Crippen LogP contribution < -0.4 is 10.7 Å². The highest BCUT2D eigenvalue weighted by atomic mass is 16.3. The SMILES string of the molecule is CCN(CC)CCCNC(=O)c1cc(=O)c2cc(C)c(C)cc2o1. The highest BCUT2D eigenvalue weighted by Gasteiger charge is 2.13. The standard InChI is InChI=1S/C19H26N2O3/c1-5-21(6-2)9-7-8-20-19(23)18-12-16(22)15-10-13(3)14(4)11-17(15)24-18/h10-12H,5-9H2,1-4H3,(H,20,23). The van der Waals surface area contributed by atoms with E-state index in [1.807, 2.05) is 26.0 Å². The molecule has 0 unspecified atom stereocenters. The van der Waals surface area contributed by atoms with Crippen LogP contribution in [0.1, 0.15) is 41.9 Å². The van der Waals surface area contributed by atoms with Crippen molar-refractivity contribution in [2.75, 3.05) is 26.2 Å². The first-order valence-corrected chi connectivity index (χ1v) is 8.51. The van der Waals surface area contributed by atoms with Gasteiger partial charge in [0.15, 0.2) is 11.2 Å². The first kappa shape index (κ1) is 18.2. The van der Waals surface area contributed by atoms with Crippen molar-refractivity contribution in [3.8, 4) is 0 Å². The molecule has 5 nitrogen and oxygen atoms in total. The molecule has 1 heterocycles. The Hall–Kier alpha value is -2.14. The highest BCUT2D eigenvalue weighted by Crippen LogP contribution is 2.17. The largest absolute Gasteiger partial charge is 0.451 e. The average Bonchev–Trinajstić information content (AvgIpc) is 2.56. The number of amides is 1. The molecular formula is C19H26N2O3. The van der Waals surface area contributed by atoms with E-state index in [1.54, 1.807) is 0 Å². The predicted molar refractivity (Wildman–Crippen MR) is 96.7 cm³/mol. The van der Waals surface area contributed by atoms with Gasteiger partial charge in [-0.05, 0) is 63.2 Å². The van der Waals surface area contributed by atoms with Crippen LogP contribution in [0.15, 0.2) is 27.4 Å². The van der Waals surface area contributed by atoms with Crippen molar-refractivity contribution in [3.05, 3.63) is 45.3 Å². The Kier molecular flexibility index (Phi) is 6.15. The Morgan fingerprint density at radius 1 is 1.12 bits per heavy atom. The molecule has 2 rings (SSSR count). The van der Waals surface area contributed by atoms with Crippen LogP contribution in [0.2, 0.25) is 0 Å². The summed E-state index contributed by atoms with van der Waals surface area (Å²) in [6.07, 6.45) is 0.865. The molecule has 0 radical (unpaired) electrons. The topological polar surface area (TPSA) is 62.6 Å². The Balaban J connectivity index is 2.07. The van der Waals surface area contributed by atoms with Gasteiger partial charge in [-0.3, -0.25) is 9.59 Å². The summed E-state index contributed by atoms with van der Waals surface area (Å²) in [6, 6.07) is 4.89. The van der Waals surface area contributed by atoms with Crippen LogP contribution in [0.25, 0.3) is 11.0 Å². The Morgan fingerprint density at radius 3 is 2.46 bits per heavy atom. The third-order valence-corrected chi connectivity index (χ3v) is 4.40. The van der Waals surface area contributed by atoms with Gasteiger partial charge in [-0.15, -0.1) is 0 Å². The number of carbonyl (C=O) groups is 1. The average molecular weight is 330 g/mol. The van der Waals surface area contributed by atoms with Gasteiger partial charge in [0.05, 0.1) is 5.39 Å². The van der Waals surface area contributed by atoms with E-state index in [1.165, 1.54) is 6.07 Å².